The Kier molecular flexibility index (Phi) is 3.91. The Labute approximate surface area is 161 Å². The minimum Gasteiger partial charge on any atom is -0.505 e. The lowest BCUT2D eigenvalue weighted by atomic mass is 10.1. The van der Waals surface area contributed by atoms with Crippen LogP contribution in [0.25, 0.3) is 22.9 Å². The summed E-state index contributed by atoms with van der Waals surface area (Å²) >= 11 is 0. The molecule has 0 saturated carbocycles. The molecule has 5 nitrogen and oxygen atoms in total. The van der Waals surface area contributed by atoms with Crippen molar-refractivity contribution in [2.24, 2.45) is 10.2 Å². The molecule has 2 heterocycles. The van der Waals surface area contributed by atoms with Gasteiger partial charge in [0, 0.05) is 18.0 Å². The van der Waals surface area contributed by atoms with Crippen LogP contribution in [0, 0.1) is 0 Å². The number of benzene rings is 2. The second-order valence-electron chi connectivity index (χ2n) is 6.61. The number of nitrogens with zero attached hydrogens (tertiary/aromatic N) is 4. The molecule has 1 N–H and O–H groups in total. The molecule has 0 atom stereocenters. The minimum absolute atomic E-state index is 0.123. The van der Waals surface area contributed by atoms with Crippen LogP contribution < -0.4 is 0 Å². The Morgan fingerprint density at radius 3 is 2.57 bits per heavy atom. The zero-order valence-corrected chi connectivity index (χ0v) is 14.9. The Morgan fingerprint density at radius 2 is 1.64 bits per heavy atom. The van der Waals surface area contributed by atoms with Crippen LogP contribution >= 0.6 is 0 Å². The summed E-state index contributed by atoms with van der Waals surface area (Å²) in [6.07, 6.45) is 6.54. The third-order valence-electron chi connectivity index (χ3n) is 4.84. The average molecular weight is 364 g/mol. The monoisotopic (exact) mass is 364 g/mol. The third kappa shape index (κ3) is 2.93. The molecule has 134 valence electrons. The Hall–Kier alpha value is -3.86. The van der Waals surface area contributed by atoms with E-state index >= 15 is 0 Å². The molecule has 0 bridgehead atoms. The van der Waals surface area contributed by atoms with E-state index in [2.05, 4.69) is 26.3 Å². The van der Waals surface area contributed by atoms with Crippen LogP contribution in [0.5, 0.6) is 5.75 Å². The average Bonchev–Trinajstić information content (AvgIpc) is 2.92. The van der Waals surface area contributed by atoms with E-state index in [0.717, 1.165) is 33.3 Å². The Bertz CT molecular complexity index is 1260. The molecule has 0 aliphatic heterocycles. The van der Waals surface area contributed by atoms with Gasteiger partial charge in [-0.2, -0.15) is 0 Å². The molecule has 2 aromatic carbocycles. The molecule has 1 aliphatic carbocycles. The molecule has 4 aromatic rings. The van der Waals surface area contributed by atoms with Crippen LogP contribution in [0.3, 0.4) is 0 Å². The molecule has 0 amide bonds. The van der Waals surface area contributed by atoms with Gasteiger partial charge in [0.2, 0.25) is 0 Å². The fourth-order valence-electron chi connectivity index (χ4n) is 3.37. The van der Waals surface area contributed by atoms with Gasteiger partial charge in [0.05, 0.1) is 11.4 Å². The number of pyridine rings is 2. The number of hydrogen-bond donors (Lipinski definition) is 1. The fraction of sp³-hybridized carbons (Fsp3) is 0.0435. The number of phenols is 1. The van der Waals surface area contributed by atoms with Crippen molar-refractivity contribution < 1.29 is 5.11 Å². The van der Waals surface area contributed by atoms with Gasteiger partial charge < -0.3 is 5.11 Å². The van der Waals surface area contributed by atoms with Crippen molar-refractivity contribution in [3.05, 3.63) is 89.4 Å². The van der Waals surface area contributed by atoms with Crippen molar-refractivity contribution in [3.8, 4) is 5.75 Å². The van der Waals surface area contributed by atoms with Crippen molar-refractivity contribution in [2.45, 2.75) is 6.42 Å². The zero-order chi connectivity index (χ0) is 18.9. The molecule has 1 aliphatic rings. The number of phenolic OH excluding ortho intramolecular Hbond substituents is 1. The first-order valence-electron chi connectivity index (χ1n) is 9.02. The highest BCUT2D eigenvalue weighted by Gasteiger charge is 2.12. The van der Waals surface area contributed by atoms with E-state index in [1.807, 2.05) is 60.7 Å². The lowest BCUT2D eigenvalue weighted by Gasteiger charge is -2.05. The van der Waals surface area contributed by atoms with Crippen LogP contribution in [-0.2, 0) is 6.42 Å². The molecule has 0 radical (unpaired) electrons. The SMILES string of the molecule is Oc1c(N=Nc2ccc3c(n2)Cc2ncccc2C=C3)ccc2ccccc12. The second-order valence-corrected chi connectivity index (χ2v) is 6.61. The summed E-state index contributed by atoms with van der Waals surface area (Å²) in [6.45, 7) is 0. The summed E-state index contributed by atoms with van der Waals surface area (Å²) in [5.41, 5.74) is 4.47. The van der Waals surface area contributed by atoms with Crippen molar-refractivity contribution in [3.63, 3.8) is 0 Å². The van der Waals surface area contributed by atoms with Gasteiger partial charge in [-0.3, -0.25) is 4.98 Å². The Balaban J connectivity index is 1.49. The first-order valence-corrected chi connectivity index (χ1v) is 9.02. The molecule has 28 heavy (non-hydrogen) atoms. The van der Waals surface area contributed by atoms with Gasteiger partial charge in [-0.15, -0.1) is 10.2 Å². The van der Waals surface area contributed by atoms with E-state index in [1.54, 1.807) is 12.3 Å². The summed E-state index contributed by atoms with van der Waals surface area (Å²) in [5.74, 6) is 0.622. The maximum absolute atomic E-state index is 10.5. The zero-order valence-electron chi connectivity index (χ0n) is 14.9. The summed E-state index contributed by atoms with van der Waals surface area (Å²) in [6, 6.07) is 19.1. The fourth-order valence-corrected chi connectivity index (χ4v) is 3.37. The van der Waals surface area contributed by atoms with Crippen molar-refractivity contribution in [1.82, 2.24) is 9.97 Å². The van der Waals surface area contributed by atoms with Crippen LogP contribution in [0.4, 0.5) is 11.5 Å². The van der Waals surface area contributed by atoms with Crippen LogP contribution in [0.15, 0.2) is 77.1 Å². The summed E-state index contributed by atoms with van der Waals surface area (Å²) in [7, 11) is 0. The smallest absolute Gasteiger partial charge is 0.174 e. The number of aromatic nitrogens is 2. The van der Waals surface area contributed by atoms with Crippen molar-refractivity contribution in [2.75, 3.05) is 0 Å². The molecular formula is C23H16N4O. The van der Waals surface area contributed by atoms with Crippen LogP contribution in [0.1, 0.15) is 22.5 Å². The number of hydrogen-bond acceptors (Lipinski definition) is 5. The standard InChI is InChI=1S/C23H16N4O/c28-23-18-6-2-1-4-15(18)9-11-19(23)26-27-22-12-10-17-8-7-16-5-3-13-24-20(16)14-21(17)25-22/h1-13,28H,14H2. The lowest BCUT2D eigenvalue weighted by molar-refractivity contribution is 0.482. The topological polar surface area (TPSA) is 70.7 Å². The quantitative estimate of drug-likeness (QED) is 0.401. The lowest BCUT2D eigenvalue weighted by Crippen LogP contribution is -1.97. The molecule has 0 saturated heterocycles. The van der Waals surface area contributed by atoms with Crippen molar-refractivity contribution >= 4 is 34.4 Å². The summed E-state index contributed by atoms with van der Waals surface area (Å²) in [5, 5.41) is 20.7. The van der Waals surface area contributed by atoms with Crippen molar-refractivity contribution in [1.29, 1.82) is 0 Å². The van der Waals surface area contributed by atoms with E-state index < -0.39 is 0 Å². The number of fused-ring (bicyclic) bond motifs is 3. The predicted molar refractivity (Wildman–Crippen MR) is 110 cm³/mol. The van der Waals surface area contributed by atoms with Gasteiger partial charge in [-0.05, 0) is 40.8 Å². The molecule has 0 spiro atoms. The summed E-state index contributed by atoms with van der Waals surface area (Å²) in [4.78, 5) is 9.11. The second kappa shape index (κ2) is 6.70. The minimum atomic E-state index is 0.123. The highest BCUT2D eigenvalue weighted by atomic mass is 16.3. The molecule has 2 aromatic heterocycles. The van der Waals surface area contributed by atoms with Gasteiger partial charge >= 0.3 is 0 Å². The molecule has 5 rings (SSSR count). The van der Waals surface area contributed by atoms with Gasteiger partial charge in [-0.1, -0.05) is 48.6 Å². The van der Waals surface area contributed by atoms with Crippen LogP contribution in [-0.4, -0.2) is 15.1 Å². The van der Waals surface area contributed by atoms with E-state index in [0.29, 0.717) is 17.9 Å². The van der Waals surface area contributed by atoms with E-state index in [1.165, 1.54) is 0 Å². The first kappa shape index (κ1) is 16.3. The van der Waals surface area contributed by atoms with Gasteiger partial charge in [0.25, 0.3) is 0 Å². The highest BCUT2D eigenvalue weighted by molar-refractivity contribution is 5.92. The molecule has 0 fully saturated rings. The largest absolute Gasteiger partial charge is 0.505 e. The van der Waals surface area contributed by atoms with Gasteiger partial charge in [0.15, 0.2) is 11.6 Å². The third-order valence-corrected chi connectivity index (χ3v) is 4.84. The molecule has 5 heteroatoms. The van der Waals surface area contributed by atoms with E-state index in [4.69, 9.17) is 0 Å². The normalized spacial score (nSPS) is 12.7. The van der Waals surface area contributed by atoms with Gasteiger partial charge in [-0.25, -0.2) is 4.98 Å². The molecule has 0 unspecified atom stereocenters. The summed E-state index contributed by atoms with van der Waals surface area (Å²) < 4.78 is 0. The number of rotatable bonds is 2. The number of aromatic hydroxyl groups is 1. The van der Waals surface area contributed by atoms with E-state index in [9.17, 15) is 5.11 Å². The first-order chi connectivity index (χ1) is 13.8. The highest BCUT2D eigenvalue weighted by Crippen LogP contribution is 2.35. The predicted octanol–water partition coefficient (Wildman–Crippen LogP) is 5.83. The number of azo groups is 1. The van der Waals surface area contributed by atoms with Crippen LogP contribution in [0.2, 0.25) is 0 Å². The molecular weight excluding hydrogens is 348 g/mol. The Morgan fingerprint density at radius 1 is 0.786 bits per heavy atom. The maximum atomic E-state index is 10.5. The maximum Gasteiger partial charge on any atom is 0.174 e. The van der Waals surface area contributed by atoms with E-state index in [-0.39, 0.29) is 5.75 Å². The van der Waals surface area contributed by atoms with Gasteiger partial charge in [0.1, 0.15) is 5.69 Å².